The number of aryl methyl sites for hydroxylation is 1. The number of likely N-dealkylation sites (tertiary alicyclic amines) is 1. The second kappa shape index (κ2) is 7.05. The molecule has 0 spiro atoms. The summed E-state index contributed by atoms with van der Waals surface area (Å²) in [5, 5.41) is 3.57. The fourth-order valence-electron chi connectivity index (χ4n) is 4.36. The number of aromatic nitrogens is 4. The average molecular weight is 470 g/mol. The fraction of sp³-hybridized carbons (Fsp3) is 0.350. The number of hydrogen-bond donors (Lipinski definition) is 2. The summed E-state index contributed by atoms with van der Waals surface area (Å²) < 4.78 is 2.47. The molecule has 1 saturated heterocycles. The van der Waals surface area contributed by atoms with Gasteiger partial charge in [-0.1, -0.05) is 6.07 Å². The Hall–Kier alpha value is -3.01. The van der Waals surface area contributed by atoms with Gasteiger partial charge in [0.1, 0.15) is 40.8 Å². The van der Waals surface area contributed by atoms with Crippen LogP contribution >= 0.6 is 15.9 Å². The van der Waals surface area contributed by atoms with Crippen LogP contribution in [-0.2, 0) is 16.1 Å². The largest absolute Gasteiger partial charge is 0.383 e. The first-order valence-corrected chi connectivity index (χ1v) is 10.5. The van der Waals surface area contributed by atoms with E-state index in [1.54, 1.807) is 23.1 Å². The number of anilines is 2. The molecule has 9 nitrogen and oxygen atoms in total. The molecule has 3 unspecified atom stereocenters. The van der Waals surface area contributed by atoms with Gasteiger partial charge in [-0.25, -0.2) is 15.0 Å². The molecule has 0 bridgehead atoms. The third kappa shape index (κ3) is 3.20. The lowest BCUT2D eigenvalue weighted by Crippen LogP contribution is -2.46. The maximum atomic E-state index is 13.3. The number of nitrogens with two attached hydrogens (primary N) is 1. The van der Waals surface area contributed by atoms with Crippen molar-refractivity contribution in [3.05, 3.63) is 40.9 Å². The van der Waals surface area contributed by atoms with Crippen LogP contribution in [0.4, 0.5) is 11.6 Å². The van der Waals surface area contributed by atoms with Crippen LogP contribution in [0.25, 0.3) is 11.0 Å². The van der Waals surface area contributed by atoms with Crippen molar-refractivity contribution >= 4 is 50.4 Å². The topological polar surface area (TPSA) is 119 Å². The number of nitrogen functional groups attached to an aromatic ring is 1. The lowest BCUT2D eigenvalue weighted by atomic mass is 10.1. The van der Waals surface area contributed by atoms with E-state index in [4.69, 9.17) is 5.73 Å². The SMILES string of the molecule is Cc1cc2c(N)ncnc2n1CC(=O)N1C(C(=O)Nc2cccc(Br)n2)CC2CC21. The van der Waals surface area contributed by atoms with Gasteiger partial charge < -0.3 is 20.5 Å². The number of pyridine rings is 1. The maximum absolute atomic E-state index is 13.3. The van der Waals surface area contributed by atoms with Crippen LogP contribution in [0.2, 0.25) is 0 Å². The van der Waals surface area contributed by atoms with E-state index < -0.39 is 6.04 Å². The highest BCUT2D eigenvalue weighted by atomic mass is 79.9. The molecular weight excluding hydrogens is 450 g/mol. The van der Waals surface area contributed by atoms with Gasteiger partial charge in [0.15, 0.2) is 0 Å². The van der Waals surface area contributed by atoms with E-state index in [0.717, 1.165) is 17.5 Å². The Morgan fingerprint density at radius 2 is 2.13 bits per heavy atom. The van der Waals surface area contributed by atoms with E-state index >= 15 is 0 Å². The number of halogens is 1. The quantitative estimate of drug-likeness (QED) is 0.564. The number of piperidine rings is 1. The van der Waals surface area contributed by atoms with Gasteiger partial charge in [-0.3, -0.25) is 9.59 Å². The third-order valence-electron chi connectivity index (χ3n) is 5.88. The molecule has 2 aliphatic rings. The molecule has 2 fully saturated rings. The molecule has 4 heterocycles. The smallest absolute Gasteiger partial charge is 0.248 e. The predicted octanol–water partition coefficient (Wildman–Crippen LogP) is 2.11. The van der Waals surface area contributed by atoms with Crippen LogP contribution in [0.15, 0.2) is 35.2 Å². The molecular formula is C20H20BrN7O2. The minimum absolute atomic E-state index is 0.0971. The Bertz CT molecular complexity index is 1180. The molecule has 1 aliphatic heterocycles. The number of hydrogen-bond acceptors (Lipinski definition) is 6. The molecule has 154 valence electrons. The highest BCUT2D eigenvalue weighted by molar-refractivity contribution is 9.10. The highest BCUT2D eigenvalue weighted by Gasteiger charge is 2.56. The number of amides is 2. The van der Waals surface area contributed by atoms with Crippen molar-refractivity contribution in [2.45, 2.75) is 38.4 Å². The van der Waals surface area contributed by atoms with Gasteiger partial charge in [0, 0.05) is 11.7 Å². The molecule has 0 aromatic carbocycles. The van der Waals surface area contributed by atoms with E-state index in [0.29, 0.717) is 34.2 Å². The summed E-state index contributed by atoms with van der Waals surface area (Å²) in [7, 11) is 0. The van der Waals surface area contributed by atoms with Crippen molar-refractivity contribution in [3.63, 3.8) is 0 Å². The van der Waals surface area contributed by atoms with Crippen molar-refractivity contribution in [1.29, 1.82) is 0 Å². The van der Waals surface area contributed by atoms with Crippen LogP contribution < -0.4 is 11.1 Å². The Balaban J connectivity index is 1.38. The molecule has 10 heteroatoms. The lowest BCUT2D eigenvalue weighted by Gasteiger charge is -2.27. The molecule has 3 N–H and O–H groups in total. The number of nitrogens with zero attached hydrogens (tertiary/aromatic N) is 5. The summed E-state index contributed by atoms with van der Waals surface area (Å²) in [6, 6.07) is 6.83. The van der Waals surface area contributed by atoms with Crippen LogP contribution in [0.5, 0.6) is 0 Å². The highest BCUT2D eigenvalue weighted by Crippen LogP contribution is 2.48. The number of rotatable bonds is 4. The zero-order chi connectivity index (χ0) is 21.0. The first kappa shape index (κ1) is 19.0. The average Bonchev–Trinajstić information content (AvgIpc) is 3.24. The molecule has 1 saturated carbocycles. The summed E-state index contributed by atoms with van der Waals surface area (Å²) in [5.41, 5.74) is 7.44. The minimum atomic E-state index is -0.496. The van der Waals surface area contributed by atoms with E-state index in [1.807, 2.05) is 17.6 Å². The lowest BCUT2D eigenvalue weighted by molar-refractivity contribution is -0.138. The van der Waals surface area contributed by atoms with Gasteiger partial charge in [0.2, 0.25) is 11.8 Å². The predicted molar refractivity (Wildman–Crippen MR) is 114 cm³/mol. The van der Waals surface area contributed by atoms with Crippen molar-refractivity contribution < 1.29 is 9.59 Å². The zero-order valence-corrected chi connectivity index (χ0v) is 17.8. The first-order valence-electron chi connectivity index (χ1n) is 9.73. The van der Waals surface area contributed by atoms with E-state index in [1.165, 1.54) is 6.33 Å². The molecule has 3 aromatic heterocycles. The van der Waals surface area contributed by atoms with Gasteiger partial charge in [-0.05, 0) is 59.8 Å². The van der Waals surface area contributed by atoms with Gasteiger partial charge in [-0.2, -0.15) is 0 Å². The molecule has 3 atom stereocenters. The van der Waals surface area contributed by atoms with Gasteiger partial charge in [0.05, 0.1) is 5.39 Å². The molecule has 1 aliphatic carbocycles. The van der Waals surface area contributed by atoms with Crippen LogP contribution in [0, 0.1) is 12.8 Å². The van der Waals surface area contributed by atoms with Gasteiger partial charge >= 0.3 is 0 Å². The number of fused-ring (bicyclic) bond motifs is 2. The molecule has 0 radical (unpaired) electrons. The normalized spacial score (nSPS) is 22.2. The second-order valence-corrected chi connectivity index (χ2v) is 8.63. The van der Waals surface area contributed by atoms with E-state index in [-0.39, 0.29) is 24.4 Å². The minimum Gasteiger partial charge on any atom is -0.383 e. The molecule has 2 amide bonds. The molecule has 5 rings (SSSR count). The monoisotopic (exact) mass is 469 g/mol. The van der Waals surface area contributed by atoms with Crippen LogP contribution in [0.1, 0.15) is 18.5 Å². The molecule has 3 aromatic rings. The Morgan fingerprint density at radius 3 is 2.93 bits per heavy atom. The third-order valence-corrected chi connectivity index (χ3v) is 6.32. The fourth-order valence-corrected chi connectivity index (χ4v) is 4.70. The second-order valence-electron chi connectivity index (χ2n) is 7.82. The van der Waals surface area contributed by atoms with Crippen molar-refractivity contribution in [1.82, 2.24) is 24.4 Å². The number of nitrogens with one attached hydrogen (secondary N) is 1. The van der Waals surface area contributed by atoms with Crippen molar-refractivity contribution in [3.8, 4) is 0 Å². The van der Waals surface area contributed by atoms with Crippen LogP contribution in [0.3, 0.4) is 0 Å². The Kier molecular flexibility index (Phi) is 4.46. The van der Waals surface area contributed by atoms with Gasteiger partial charge in [0.25, 0.3) is 0 Å². The number of carbonyl (C=O) groups excluding carboxylic acids is 2. The summed E-state index contributed by atoms with van der Waals surface area (Å²) in [5.74, 6) is 0.931. The summed E-state index contributed by atoms with van der Waals surface area (Å²) in [6.07, 6.45) is 3.02. The van der Waals surface area contributed by atoms with Crippen molar-refractivity contribution in [2.24, 2.45) is 5.92 Å². The van der Waals surface area contributed by atoms with Gasteiger partial charge in [-0.15, -0.1) is 0 Å². The standard InChI is InChI=1S/C20H20BrN7O2/c1-10-5-12-18(22)23-9-24-19(12)27(10)8-17(29)28-13-6-11(13)7-14(28)20(30)26-16-4-2-3-15(21)25-16/h2-5,9,11,13-14H,6-8H2,1H3,(H2,22,23,24)(H,25,26,30). The zero-order valence-electron chi connectivity index (χ0n) is 16.2. The van der Waals surface area contributed by atoms with Crippen LogP contribution in [-0.4, -0.2) is 48.3 Å². The van der Waals surface area contributed by atoms with Crippen molar-refractivity contribution in [2.75, 3.05) is 11.1 Å². The molecule has 30 heavy (non-hydrogen) atoms. The first-order chi connectivity index (χ1) is 14.4. The number of carbonyl (C=O) groups is 2. The van der Waals surface area contributed by atoms with E-state index in [2.05, 4.69) is 36.2 Å². The summed E-state index contributed by atoms with van der Waals surface area (Å²) >= 11 is 3.30. The summed E-state index contributed by atoms with van der Waals surface area (Å²) in [4.78, 5) is 40.5. The summed E-state index contributed by atoms with van der Waals surface area (Å²) in [6.45, 7) is 2.01. The van der Waals surface area contributed by atoms with E-state index in [9.17, 15) is 9.59 Å². The maximum Gasteiger partial charge on any atom is 0.248 e. The Labute approximate surface area is 180 Å². The Morgan fingerprint density at radius 1 is 1.30 bits per heavy atom.